The number of halogens is 1. The zero-order chi connectivity index (χ0) is 20.7. The van der Waals surface area contributed by atoms with E-state index in [0.29, 0.717) is 17.9 Å². The van der Waals surface area contributed by atoms with E-state index in [4.69, 9.17) is 4.74 Å². The molecule has 0 aromatic heterocycles. The summed E-state index contributed by atoms with van der Waals surface area (Å²) in [6.07, 6.45) is 2.93. The zero-order valence-corrected chi connectivity index (χ0v) is 17.7. The molecule has 1 atom stereocenters. The summed E-state index contributed by atoms with van der Waals surface area (Å²) in [4.78, 5) is 23.4. The Morgan fingerprint density at radius 2 is 1.86 bits per heavy atom. The normalized spacial score (nSPS) is 12.2. The van der Waals surface area contributed by atoms with Crippen LogP contribution in [0.2, 0.25) is 0 Å². The van der Waals surface area contributed by atoms with Crippen LogP contribution in [0.15, 0.2) is 53.0 Å². The van der Waals surface area contributed by atoms with Gasteiger partial charge < -0.3 is 15.2 Å². The number of ether oxygens (including phenoxy) is 1. The molecular formula is C22H24BrNO4. The molecule has 2 N–H and O–H groups in total. The summed E-state index contributed by atoms with van der Waals surface area (Å²) < 4.78 is 6.76. The van der Waals surface area contributed by atoms with Gasteiger partial charge in [-0.1, -0.05) is 59.6 Å². The molecule has 0 saturated heterocycles. The van der Waals surface area contributed by atoms with Gasteiger partial charge in [-0.15, -0.1) is 0 Å². The number of benzene rings is 2. The van der Waals surface area contributed by atoms with Crippen LogP contribution in [-0.4, -0.2) is 23.0 Å². The number of carboxylic acids is 1. The topological polar surface area (TPSA) is 75.6 Å². The van der Waals surface area contributed by atoms with Crippen LogP contribution in [-0.2, 0) is 16.2 Å². The van der Waals surface area contributed by atoms with Gasteiger partial charge in [-0.25, -0.2) is 4.79 Å². The highest BCUT2D eigenvalue weighted by molar-refractivity contribution is 9.10. The van der Waals surface area contributed by atoms with E-state index in [1.807, 2.05) is 49.4 Å². The van der Waals surface area contributed by atoms with Crippen molar-refractivity contribution in [1.29, 1.82) is 0 Å². The van der Waals surface area contributed by atoms with E-state index in [1.54, 1.807) is 19.9 Å². The second-order valence-corrected chi connectivity index (χ2v) is 7.77. The van der Waals surface area contributed by atoms with Gasteiger partial charge in [0.25, 0.3) is 0 Å². The fraction of sp³-hybridized carbons (Fsp3) is 0.273. The number of aryl methyl sites for hydroxylation is 1. The number of hydrogen-bond acceptors (Lipinski definition) is 3. The zero-order valence-electron chi connectivity index (χ0n) is 16.1. The molecule has 148 valence electrons. The van der Waals surface area contributed by atoms with Gasteiger partial charge >= 0.3 is 5.97 Å². The molecule has 0 aliphatic heterocycles. The Bertz CT molecular complexity index is 859. The molecule has 1 amide bonds. The molecule has 0 bridgehead atoms. The van der Waals surface area contributed by atoms with Crippen molar-refractivity contribution in [2.45, 2.75) is 33.4 Å². The van der Waals surface area contributed by atoms with Gasteiger partial charge in [0.15, 0.2) is 0 Å². The highest BCUT2D eigenvalue weighted by Gasteiger charge is 2.22. The third kappa shape index (κ3) is 6.53. The Kier molecular flexibility index (Phi) is 7.81. The summed E-state index contributed by atoms with van der Waals surface area (Å²) in [7, 11) is 0. The van der Waals surface area contributed by atoms with Crippen LogP contribution in [0.4, 0.5) is 0 Å². The Morgan fingerprint density at radius 3 is 2.46 bits per heavy atom. The molecule has 0 aliphatic carbocycles. The molecule has 2 aromatic rings. The van der Waals surface area contributed by atoms with Gasteiger partial charge in [0.05, 0.1) is 0 Å². The number of carboxylic acid groups (broad SMARTS) is 1. The van der Waals surface area contributed by atoms with Crippen molar-refractivity contribution < 1.29 is 19.4 Å². The number of hydrogen-bond donors (Lipinski definition) is 2. The monoisotopic (exact) mass is 445 g/mol. The first kappa shape index (κ1) is 21.7. The Balaban J connectivity index is 2.10. The Hall–Kier alpha value is -2.60. The first-order valence-electron chi connectivity index (χ1n) is 8.95. The average molecular weight is 446 g/mol. The summed E-state index contributed by atoms with van der Waals surface area (Å²) in [6, 6.07) is 12.7. The van der Waals surface area contributed by atoms with Crippen molar-refractivity contribution in [3.63, 3.8) is 0 Å². The first-order chi connectivity index (χ1) is 13.3. The number of amides is 1. The molecule has 1 unspecified atom stereocenters. The first-order valence-corrected chi connectivity index (χ1v) is 9.75. The lowest BCUT2D eigenvalue weighted by atomic mass is 10.0. The van der Waals surface area contributed by atoms with E-state index in [2.05, 4.69) is 21.2 Å². The van der Waals surface area contributed by atoms with Crippen molar-refractivity contribution in [3.8, 4) is 5.75 Å². The van der Waals surface area contributed by atoms with Crippen LogP contribution in [0.3, 0.4) is 0 Å². The van der Waals surface area contributed by atoms with Crippen molar-refractivity contribution in [1.82, 2.24) is 5.32 Å². The smallest absolute Gasteiger partial charge is 0.326 e. The summed E-state index contributed by atoms with van der Waals surface area (Å²) >= 11 is 3.42. The molecule has 0 spiro atoms. The summed E-state index contributed by atoms with van der Waals surface area (Å²) in [5, 5.41) is 11.7. The standard InChI is InChI=1S/C22H24BrNO4/c1-14(2)21(22(26)27)24-20(25)11-8-17-12-18(23)9-10-19(17)28-13-16-6-4-15(3)5-7-16/h4-12,14,21H,13H2,1-3H3,(H,24,25)(H,26,27)/b11-8+. The lowest BCUT2D eigenvalue weighted by Gasteiger charge is -2.16. The van der Waals surface area contributed by atoms with Crippen molar-refractivity contribution in [3.05, 3.63) is 69.7 Å². The molecular weight excluding hydrogens is 422 g/mol. The van der Waals surface area contributed by atoms with Crippen LogP contribution in [0.25, 0.3) is 6.08 Å². The second kappa shape index (κ2) is 10.1. The predicted octanol–water partition coefficient (Wildman–Crippen LogP) is 4.58. The highest BCUT2D eigenvalue weighted by Crippen LogP contribution is 2.25. The SMILES string of the molecule is Cc1ccc(COc2ccc(Br)cc2/C=C/C(=O)NC(C(=O)O)C(C)C)cc1. The predicted molar refractivity (Wildman–Crippen MR) is 113 cm³/mol. The molecule has 2 rings (SSSR count). The van der Waals surface area contributed by atoms with Crippen molar-refractivity contribution in [2.75, 3.05) is 0 Å². The molecule has 0 saturated carbocycles. The third-order valence-corrected chi connectivity index (χ3v) is 4.62. The van der Waals surface area contributed by atoms with E-state index in [0.717, 1.165) is 10.0 Å². The van der Waals surface area contributed by atoms with E-state index in [9.17, 15) is 14.7 Å². The lowest BCUT2D eigenvalue weighted by Crippen LogP contribution is -2.43. The molecule has 5 nitrogen and oxygen atoms in total. The second-order valence-electron chi connectivity index (χ2n) is 6.86. The molecule has 0 fully saturated rings. The molecule has 28 heavy (non-hydrogen) atoms. The fourth-order valence-corrected chi connectivity index (χ4v) is 2.89. The van der Waals surface area contributed by atoms with Crippen LogP contribution >= 0.6 is 15.9 Å². The summed E-state index contributed by atoms with van der Waals surface area (Å²) in [5.74, 6) is -1.10. The number of aliphatic carboxylic acids is 1. The minimum Gasteiger partial charge on any atom is -0.488 e. The van der Waals surface area contributed by atoms with Gasteiger partial charge in [-0.05, 0) is 42.7 Å². The highest BCUT2D eigenvalue weighted by atomic mass is 79.9. The van der Waals surface area contributed by atoms with Gasteiger partial charge in [0, 0.05) is 16.1 Å². The molecule has 0 aliphatic rings. The largest absolute Gasteiger partial charge is 0.488 e. The van der Waals surface area contributed by atoms with Gasteiger partial charge in [-0.3, -0.25) is 4.79 Å². The maximum atomic E-state index is 12.1. The lowest BCUT2D eigenvalue weighted by molar-refractivity contribution is -0.142. The van der Waals surface area contributed by atoms with Gasteiger partial charge in [0.1, 0.15) is 18.4 Å². The number of nitrogens with one attached hydrogen (secondary N) is 1. The van der Waals surface area contributed by atoms with E-state index in [-0.39, 0.29) is 5.92 Å². The minimum atomic E-state index is -1.05. The van der Waals surface area contributed by atoms with Gasteiger partial charge in [0.2, 0.25) is 5.91 Å². The summed E-state index contributed by atoms with van der Waals surface area (Å²) in [5.41, 5.74) is 2.94. The number of carbonyl (C=O) groups is 2. The number of carbonyl (C=O) groups excluding carboxylic acids is 1. The molecule has 6 heteroatoms. The maximum absolute atomic E-state index is 12.1. The van der Waals surface area contributed by atoms with Crippen molar-refractivity contribution in [2.24, 2.45) is 5.92 Å². The van der Waals surface area contributed by atoms with Crippen LogP contribution < -0.4 is 10.1 Å². The average Bonchev–Trinajstić information content (AvgIpc) is 2.64. The molecule has 2 aromatic carbocycles. The van der Waals surface area contributed by atoms with E-state index < -0.39 is 17.9 Å². The fourth-order valence-electron chi connectivity index (χ4n) is 2.51. The Labute approximate surface area is 173 Å². The molecule has 0 radical (unpaired) electrons. The van der Waals surface area contributed by atoms with Crippen LogP contribution in [0.1, 0.15) is 30.5 Å². The number of rotatable bonds is 8. The Morgan fingerprint density at radius 1 is 1.18 bits per heavy atom. The maximum Gasteiger partial charge on any atom is 0.326 e. The van der Waals surface area contributed by atoms with E-state index >= 15 is 0 Å². The minimum absolute atomic E-state index is 0.214. The van der Waals surface area contributed by atoms with Crippen LogP contribution in [0, 0.1) is 12.8 Å². The van der Waals surface area contributed by atoms with E-state index in [1.165, 1.54) is 11.6 Å². The summed E-state index contributed by atoms with van der Waals surface area (Å²) in [6.45, 7) is 5.92. The van der Waals surface area contributed by atoms with Crippen LogP contribution in [0.5, 0.6) is 5.75 Å². The third-order valence-electron chi connectivity index (χ3n) is 4.13. The van der Waals surface area contributed by atoms with Gasteiger partial charge in [-0.2, -0.15) is 0 Å². The molecule has 0 heterocycles. The van der Waals surface area contributed by atoms with Crippen molar-refractivity contribution >= 4 is 33.9 Å². The quantitative estimate of drug-likeness (QED) is 0.583.